The molecular formula is C20H20N2O4. The van der Waals surface area contributed by atoms with E-state index in [9.17, 15) is 10.1 Å². The van der Waals surface area contributed by atoms with E-state index >= 15 is 0 Å². The van der Waals surface area contributed by atoms with Gasteiger partial charge in [-0.25, -0.2) is 0 Å². The lowest BCUT2D eigenvalue weighted by Crippen LogP contribution is -2.29. The van der Waals surface area contributed by atoms with E-state index in [1.165, 1.54) is 0 Å². The first kappa shape index (κ1) is 16.4. The van der Waals surface area contributed by atoms with Crippen LogP contribution in [0.25, 0.3) is 0 Å². The van der Waals surface area contributed by atoms with Crippen LogP contribution in [0.15, 0.2) is 48.6 Å². The Balaban J connectivity index is 1.81. The molecule has 0 saturated carbocycles. The predicted octanol–water partition coefficient (Wildman–Crippen LogP) is 4.44. The number of fused-ring (bicyclic) bond motifs is 3. The van der Waals surface area contributed by atoms with Crippen LogP contribution < -0.4 is 14.8 Å². The lowest BCUT2D eigenvalue weighted by molar-refractivity contribution is -0.384. The van der Waals surface area contributed by atoms with Gasteiger partial charge in [-0.2, -0.15) is 0 Å². The normalized spacial score (nSPS) is 22.9. The summed E-state index contributed by atoms with van der Waals surface area (Å²) in [6.07, 6.45) is 5.23. The molecule has 6 heteroatoms. The average Bonchev–Trinajstić information content (AvgIpc) is 3.16. The number of nitrogens with one attached hydrogen (secondary N) is 1. The highest BCUT2D eigenvalue weighted by molar-refractivity contribution is 5.64. The summed E-state index contributed by atoms with van der Waals surface area (Å²) >= 11 is 0. The van der Waals surface area contributed by atoms with Gasteiger partial charge in [0.05, 0.1) is 25.2 Å². The van der Waals surface area contributed by atoms with Crippen LogP contribution in [-0.4, -0.2) is 19.1 Å². The number of methoxy groups -OCH3 is 2. The Labute approximate surface area is 151 Å². The summed E-state index contributed by atoms with van der Waals surface area (Å²) in [6.45, 7) is 0. The minimum atomic E-state index is -0.342. The summed E-state index contributed by atoms with van der Waals surface area (Å²) in [4.78, 5) is 10.8. The second kappa shape index (κ2) is 6.37. The van der Waals surface area contributed by atoms with E-state index in [0.717, 1.165) is 29.0 Å². The van der Waals surface area contributed by atoms with Crippen molar-refractivity contribution in [1.82, 2.24) is 0 Å². The standard InChI is InChI=1S/C20H20N2O4/c1-25-18-8-4-7-15(20(18)26-2)19-14-6-3-5-13(14)16-11-12(22(23)24)9-10-17(16)21-19/h3-5,7-11,13-14,19,21H,6H2,1-2H3/t13-,14-,19+/m0/s1. The number of rotatable bonds is 4. The van der Waals surface area contributed by atoms with Gasteiger partial charge in [0.25, 0.3) is 5.69 Å². The highest BCUT2D eigenvalue weighted by Gasteiger charge is 2.40. The Morgan fingerprint density at radius 2 is 2.00 bits per heavy atom. The molecule has 2 aromatic carbocycles. The van der Waals surface area contributed by atoms with Crippen molar-refractivity contribution in [1.29, 1.82) is 0 Å². The van der Waals surface area contributed by atoms with Crippen molar-refractivity contribution in [2.75, 3.05) is 19.5 Å². The zero-order chi connectivity index (χ0) is 18.3. The molecule has 0 saturated heterocycles. The number of anilines is 1. The number of allylic oxidation sites excluding steroid dienone is 2. The van der Waals surface area contributed by atoms with Gasteiger partial charge in [0.1, 0.15) is 0 Å². The number of para-hydroxylation sites is 1. The van der Waals surface area contributed by atoms with Gasteiger partial charge in [-0.3, -0.25) is 10.1 Å². The SMILES string of the molecule is COc1cccc([C@@H]2Nc3ccc([N+](=O)[O-])cc3[C@H]3C=CC[C@@H]32)c1OC. The quantitative estimate of drug-likeness (QED) is 0.500. The van der Waals surface area contributed by atoms with E-state index in [-0.39, 0.29) is 28.5 Å². The Kier molecular flexibility index (Phi) is 4.03. The number of non-ortho nitro benzene ring substituents is 1. The molecule has 0 bridgehead atoms. The number of benzene rings is 2. The topological polar surface area (TPSA) is 73.6 Å². The molecular weight excluding hydrogens is 332 g/mol. The lowest BCUT2D eigenvalue weighted by atomic mass is 9.76. The molecule has 0 spiro atoms. The maximum Gasteiger partial charge on any atom is 0.269 e. The van der Waals surface area contributed by atoms with Gasteiger partial charge < -0.3 is 14.8 Å². The van der Waals surface area contributed by atoms with Gasteiger partial charge in [0, 0.05) is 29.3 Å². The largest absolute Gasteiger partial charge is 0.493 e. The first-order valence-corrected chi connectivity index (χ1v) is 8.56. The molecule has 0 radical (unpaired) electrons. The van der Waals surface area contributed by atoms with Gasteiger partial charge >= 0.3 is 0 Å². The smallest absolute Gasteiger partial charge is 0.269 e. The van der Waals surface area contributed by atoms with Crippen molar-refractivity contribution >= 4 is 11.4 Å². The fourth-order valence-electron chi connectivity index (χ4n) is 4.16. The van der Waals surface area contributed by atoms with Gasteiger partial charge in [-0.1, -0.05) is 24.3 Å². The van der Waals surface area contributed by atoms with Crippen molar-refractivity contribution < 1.29 is 14.4 Å². The van der Waals surface area contributed by atoms with Crippen LogP contribution in [0, 0.1) is 16.0 Å². The molecule has 1 aliphatic carbocycles. The van der Waals surface area contributed by atoms with Crippen LogP contribution in [0.5, 0.6) is 11.5 Å². The molecule has 1 aliphatic heterocycles. The molecule has 1 heterocycles. The van der Waals surface area contributed by atoms with Gasteiger partial charge in [-0.05, 0) is 30.0 Å². The molecule has 2 aromatic rings. The van der Waals surface area contributed by atoms with E-state index in [4.69, 9.17) is 9.47 Å². The Morgan fingerprint density at radius 3 is 2.73 bits per heavy atom. The first-order valence-electron chi connectivity index (χ1n) is 8.56. The fraction of sp³-hybridized carbons (Fsp3) is 0.300. The minimum absolute atomic E-state index is 0.0361. The van der Waals surface area contributed by atoms with E-state index in [2.05, 4.69) is 17.5 Å². The molecule has 0 aromatic heterocycles. The predicted molar refractivity (Wildman–Crippen MR) is 99.0 cm³/mol. The molecule has 0 fully saturated rings. The molecule has 6 nitrogen and oxygen atoms in total. The van der Waals surface area contributed by atoms with Gasteiger partial charge in [0.15, 0.2) is 11.5 Å². The third-order valence-corrected chi connectivity index (χ3v) is 5.33. The van der Waals surface area contributed by atoms with Crippen molar-refractivity contribution in [3.05, 3.63) is 69.8 Å². The van der Waals surface area contributed by atoms with Crippen LogP contribution in [0.2, 0.25) is 0 Å². The summed E-state index contributed by atoms with van der Waals surface area (Å²) in [6, 6.07) is 11.0. The number of ether oxygens (including phenoxy) is 2. The Hall–Kier alpha value is -3.02. The second-order valence-corrected chi connectivity index (χ2v) is 6.59. The number of nitrogens with zero attached hydrogens (tertiary/aromatic N) is 1. The molecule has 0 unspecified atom stereocenters. The molecule has 3 atom stereocenters. The monoisotopic (exact) mass is 352 g/mol. The van der Waals surface area contributed by atoms with Gasteiger partial charge in [0.2, 0.25) is 0 Å². The summed E-state index contributed by atoms with van der Waals surface area (Å²) < 4.78 is 11.1. The zero-order valence-electron chi connectivity index (χ0n) is 14.6. The molecule has 0 amide bonds. The van der Waals surface area contributed by atoms with Crippen molar-refractivity contribution in [2.45, 2.75) is 18.4 Å². The molecule has 4 rings (SSSR count). The molecule has 26 heavy (non-hydrogen) atoms. The number of hydrogen-bond donors (Lipinski definition) is 1. The summed E-state index contributed by atoms with van der Waals surface area (Å²) in [5.74, 6) is 1.84. The maximum atomic E-state index is 11.2. The highest BCUT2D eigenvalue weighted by atomic mass is 16.6. The lowest BCUT2D eigenvalue weighted by Gasteiger charge is -2.38. The number of nitro groups is 1. The van der Waals surface area contributed by atoms with E-state index in [1.54, 1.807) is 32.4 Å². The summed E-state index contributed by atoms with van der Waals surface area (Å²) in [7, 11) is 3.27. The summed E-state index contributed by atoms with van der Waals surface area (Å²) in [5.41, 5.74) is 3.07. The average molecular weight is 352 g/mol. The Bertz CT molecular complexity index is 893. The van der Waals surface area contributed by atoms with Crippen LogP contribution in [-0.2, 0) is 0 Å². The zero-order valence-corrected chi connectivity index (χ0v) is 14.6. The van der Waals surface area contributed by atoms with Crippen molar-refractivity contribution in [3.63, 3.8) is 0 Å². The van der Waals surface area contributed by atoms with E-state index in [0.29, 0.717) is 5.75 Å². The number of hydrogen-bond acceptors (Lipinski definition) is 5. The molecule has 2 aliphatic rings. The Morgan fingerprint density at radius 1 is 1.15 bits per heavy atom. The van der Waals surface area contributed by atoms with Crippen LogP contribution >= 0.6 is 0 Å². The van der Waals surface area contributed by atoms with Crippen molar-refractivity contribution in [2.24, 2.45) is 5.92 Å². The van der Waals surface area contributed by atoms with E-state index < -0.39 is 0 Å². The van der Waals surface area contributed by atoms with Crippen LogP contribution in [0.4, 0.5) is 11.4 Å². The highest BCUT2D eigenvalue weighted by Crippen LogP contribution is 2.52. The first-order chi connectivity index (χ1) is 12.6. The maximum absolute atomic E-state index is 11.2. The fourth-order valence-corrected chi connectivity index (χ4v) is 4.16. The summed E-state index contributed by atoms with van der Waals surface area (Å²) in [5, 5.41) is 14.7. The van der Waals surface area contributed by atoms with Crippen molar-refractivity contribution in [3.8, 4) is 11.5 Å². The third kappa shape index (κ3) is 2.49. The molecule has 134 valence electrons. The van der Waals surface area contributed by atoms with E-state index in [1.807, 2.05) is 18.2 Å². The van der Waals surface area contributed by atoms with Crippen LogP contribution in [0.3, 0.4) is 0 Å². The third-order valence-electron chi connectivity index (χ3n) is 5.33. The van der Waals surface area contributed by atoms with Crippen LogP contribution in [0.1, 0.15) is 29.5 Å². The minimum Gasteiger partial charge on any atom is -0.493 e. The second-order valence-electron chi connectivity index (χ2n) is 6.59. The number of nitro benzene ring substituents is 1. The molecule has 1 N–H and O–H groups in total. The van der Waals surface area contributed by atoms with Gasteiger partial charge in [-0.15, -0.1) is 0 Å².